The van der Waals surface area contributed by atoms with Crippen LogP contribution in [0.4, 0.5) is 0 Å². The van der Waals surface area contributed by atoms with Gasteiger partial charge in [0.15, 0.2) is 0 Å². The Morgan fingerprint density at radius 2 is 0.653 bits per heavy atom. The van der Waals surface area contributed by atoms with Gasteiger partial charge in [0.05, 0.1) is 31.6 Å². The maximum Gasteiger partial charge on any atom is 0.124 e. The Kier molecular flexibility index (Phi) is 33.6. The van der Waals surface area contributed by atoms with E-state index < -0.39 is 10.1 Å². The molecule has 0 radical (unpaired) electrons. The summed E-state index contributed by atoms with van der Waals surface area (Å²) in [6, 6.07) is 5.78. The van der Waals surface area contributed by atoms with E-state index in [4.69, 9.17) is 0 Å². The van der Waals surface area contributed by atoms with Crippen molar-refractivity contribution >= 4 is 10.1 Å². The molecule has 0 amide bonds. The largest absolute Gasteiger partial charge is 0.744 e. The van der Waals surface area contributed by atoms with Gasteiger partial charge in [0.1, 0.15) is 10.1 Å². The standard InChI is InChI=1S/C37H78N.C7H8O3S/c1-5-8-11-14-17-20-23-26-29-32-35-38(4,36-33-30-27-24-21-18-15-12-9-6-2)37-34-31-28-25-22-19-16-13-10-7-3;1-6-2-4-7(5-3-6)11(8,9)10/h5-37H2,1-4H3;2-5H,1H3,(H,8,9,10)/q+1;/p-1. The van der Waals surface area contributed by atoms with Crippen LogP contribution in [-0.2, 0) is 10.1 Å². The molecule has 0 N–H and O–H groups in total. The van der Waals surface area contributed by atoms with Crippen LogP contribution in [0, 0.1) is 6.92 Å². The number of rotatable bonds is 34. The van der Waals surface area contributed by atoms with Crippen LogP contribution in [0.1, 0.15) is 219 Å². The van der Waals surface area contributed by atoms with E-state index in [-0.39, 0.29) is 4.90 Å². The molecule has 5 heteroatoms. The van der Waals surface area contributed by atoms with E-state index in [9.17, 15) is 13.0 Å². The topological polar surface area (TPSA) is 57.2 Å². The normalized spacial score (nSPS) is 11.9. The third-order valence-electron chi connectivity index (χ3n) is 10.5. The Morgan fingerprint density at radius 3 is 0.878 bits per heavy atom. The van der Waals surface area contributed by atoms with E-state index in [1.807, 2.05) is 6.92 Å². The van der Waals surface area contributed by atoms with Crippen molar-refractivity contribution in [3.8, 4) is 0 Å². The molecular weight excluding hydrogens is 623 g/mol. The van der Waals surface area contributed by atoms with E-state index in [1.54, 1.807) is 12.1 Å². The Bertz CT molecular complexity index is 855. The smallest absolute Gasteiger partial charge is 0.124 e. The van der Waals surface area contributed by atoms with Gasteiger partial charge in [0.2, 0.25) is 0 Å². The molecule has 0 aliphatic rings. The van der Waals surface area contributed by atoms with Gasteiger partial charge < -0.3 is 9.04 Å². The molecule has 0 atom stereocenters. The van der Waals surface area contributed by atoms with Gasteiger partial charge >= 0.3 is 0 Å². The fourth-order valence-corrected chi connectivity index (χ4v) is 7.45. The first-order chi connectivity index (χ1) is 23.7. The van der Waals surface area contributed by atoms with E-state index >= 15 is 0 Å². The Morgan fingerprint density at radius 1 is 0.429 bits per heavy atom. The van der Waals surface area contributed by atoms with Gasteiger partial charge in [0, 0.05) is 0 Å². The molecule has 0 saturated carbocycles. The zero-order valence-electron chi connectivity index (χ0n) is 33.7. The maximum absolute atomic E-state index is 10.4. The van der Waals surface area contributed by atoms with Crippen LogP contribution in [0.25, 0.3) is 0 Å². The van der Waals surface area contributed by atoms with Gasteiger partial charge in [-0.3, -0.25) is 0 Å². The minimum absolute atomic E-state index is 0.178. The summed E-state index contributed by atoms with van der Waals surface area (Å²) in [5, 5.41) is 0. The second kappa shape index (κ2) is 34.2. The molecule has 0 aromatic heterocycles. The summed E-state index contributed by atoms with van der Waals surface area (Å²) in [6.07, 6.45) is 43.8. The predicted molar refractivity (Wildman–Crippen MR) is 215 cm³/mol. The highest BCUT2D eigenvalue weighted by atomic mass is 32.2. The van der Waals surface area contributed by atoms with Crippen molar-refractivity contribution in [2.75, 3.05) is 26.7 Å². The molecule has 1 rings (SSSR count). The molecule has 1 aromatic rings. The molecule has 49 heavy (non-hydrogen) atoms. The molecule has 0 spiro atoms. The highest BCUT2D eigenvalue weighted by molar-refractivity contribution is 7.85. The van der Waals surface area contributed by atoms with Gasteiger partial charge in [-0.1, -0.05) is 193 Å². The lowest BCUT2D eigenvalue weighted by atomic mass is 10.0. The van der Waals surface area contributed by atoms with Crippen LogP contribution >= 0.6 is 0 Å². The summed E-state index contributed by atoms with van der Waals surface area (Å²) in [7, 11) is -1.66. The molecule has 0 saturated heterocycles. The minimum atomic E-state index is -4.27. The second-order valence-electron chi connectivity index (χ2n) is 15.6. The highest BCUT2D eigenvalue weighted by Crippen LogP contribution is 2.18. The van der Waals surface area contributed by atoms with Crippen LogP contribution in [0.15, 0.2) is 29.2 Å². The number of aryl methyl sites for hydroxylation is 1. The van der Waals surface area contributed by atoms with Crippen LogP contribution in [-0.4, -0.2) is 44.1 Å². The monoisotopic (exact) mass is 708 g/mol. The van der Waals surface area contributed by atoms with Gasteiger partial charge in [-0.05, 0) is 57.6 Å². The van der Waals surface area contributed by atoms with E-state index in [0.717, 1.165) is 5.56 Å². The molecule has 0 fully saturated rings. The Hall–Kier alpha value is -0.910. The lowest BCUT2D eigenvalue weighted by Crippen LogP contribution is -2.46. The van der Waals surface area contributed by atoms with Crippen molar-refractivity contribution < 1.29 is 17.5 Å². The lowest BCUT2D eigenvalue weighted by Gasteiger charge is -2.35. The van der Waals surface area contributed by atoms with Crippen molar-refractivity contribution in [1.29, 1.82) is 0 Å². The third-order valence-corrected chi connectivity index (χ3v) is 11.3. The van der Waals surface area contributed by atoms with Crippen molar-refractivity contribution in [3.05, 3.63) is 29.8 Å². The summed E-state index contributed by atoms with van der Waals surface area (Å²) in [6.45, 7) is 13.1. The quantitative estimate of drug-likeness (QED) is 0.0407. The van der Waals surface area contributed by atoms with Gasteiger partial charge in [0.25, 0.3) is 0 Å². The zero-order chi connectivity index (χ0) is 36.3. The summed E-state index contributed by atoms with van der Waals surface area (Å²) in [5.74, 6) is 0. The maximum atomic E-state index is 10.4. The predicted octanol–water partition coefficient (Wildman–Crippen LogP) is 14.1. The van der Waals surface area contributed by atoms with Crippen LogP contribution in [0.3, 0.4) is 0 Å². The molecule has 0 bridgehead atoms. The van der Waals surface area contributed by atoms with Crippen molar-refractivity contribution in [2.45, 2.75) is 225 Å². The second-order valence-corrected chi connectivity index (χ2v) is 17.0. The van der Waals surface area contributed by atoms with Crippen LogP contribution in [0.5, 0.6) is 0 Å². The number of benzene rings is 1. The zero-order valence-corrected chi connectivity index (χ0v) is 34.5. The van der Waals surface area contributed by atoms with Crippen LogP contribution in [0.2, 0.25) is 0 Å². The fourth-order valence-electron chi connectivity index (χ4n) is 6.98. The average molecular weight is 708 g/mol. The van der Waals surface area contributed by atoms with Crippen molar-refractivity contribution in [1.82, 2.24) is 0 Å². The number of hydrogen-bond acceptors (Lipinski definition) is 3. The number of nitrogens with zero attached hydrogens (tertiary/aromatic N) is 1. The Balaban J connectivity index is 0.00000175. The first-order valence-electron chi connectivity index (χ1n) is 21.5. The fraction of sp³-hybridized carbons (Fsp3) is 0.864. The molecule has 290 valence electrons. The molecule has 0 aliphatic heterocycles. The van der Waals surface area contributed by atoms with Gasteiger partial charge in [-0.2, -0.15) is 0 Å². The summed E-state index contributed by atoms with van der Waals surface area (Å²) in [4.78, 5) is -0.178. The molecule has 0 aliphatic carbocycles. The molecular formula is C44H85NO3S. The first kappa shape index (κ1) is 48.1. The molecule has 1 aromatic carbocycles. The van der Waals surface area contributed by atoms with Crippen molar-refractivity contribution in [3.63, 3.8) is 0 Å². The van der Waals surface area contributed by atoms with Crippen LogP contribution < -0.4 is 0 Å². The van der Waals surface area contributed by atoms with Gasteiger partial charge in [-0.25, -0.2) is 8.42 Å². The third kappa shape index (κ3) is 32.7. The summed E-state index contributed by atoms with van der Waals surface area (Å²) >= 11 is 0. The highest BCUT2D eigenvalue weighted by Gasteiger charge is 2.20. The van der Waals surface area contributed by atoms with E-state index in [1.165, 1.54) is 229 Å². The van der Waals surface area contributed by atoms with E-state index in [2.05, 4.69) is 27.8 Å². The molecule has 4 nitrogen and oxygen atoms in total. The molecule has 0 unspecified atom stereocenters. The average Bonchev–Trinajstić information content (AvgIpc) is 3.07. The number of hydrogen-bond donors (Lipinski definition) is 0. The van der Waals surface area contributed by atoms with Gasteiger partial charge in [-0.15, -0.1) is 0 Å². The lowest BCUT2D eigenvalue weighted by molar-refractivity contribution is -0.910. The number of quaternary nitrogens is 1. The first-order valence-corrected chi connectivity index (χ1v) is 23.0. The van der Waals surface area contributed by atoms with E-state index in [0.29, 0.717) is 0 Å². The summed E-state index contributed by atoms with van der Waals surface area (Å²) in [5.41, 5.74) is 0.928. The molecule has 0 heterocycles. The minimum Gasteiger partial charge on any atom is -0.744 e. The Labute approximate surface area is 308 Å². The SMILES string of the molecule is CCCCCCCCCCCC[N+](C)(CCCCCCCCCCCC)CCCCCCCCCCCC.Cc1ccc(S(=O)(=O)[O-])cc1. The summed E-state index contributed by atoms with van der Waals surface area (Å²) < 4.78 is 32.5. The number of unbranched alkanes of at least 4 members (excludes halogenated alkanes) is 27. The van der Waals surface area contributed by atoms with Crippen molar-refractivity contribution in [2.24, 2.45) is 0 Å².